The predicted octanol–water partition coefficient (Wildman–Crippen LogP) is 4.45. The second-order valence-electron chi connectivity index (χ2n) is 6.04. The summed E-state index contributed by atoms with van der Waals surface area (Å²) < 4.78 is 12.9. The van der Waals surface area contributed by atoms with E-state index < -0.39 is 0 Å². The van der Waals surface area contributed by atoms with Gasteiger partial charge in [0.15, 0.2) is 0 Å². The van der Waals surface area contributed by atoms with Crippen LogP contribution in [0, 0.1) is 5.82 Å². The molecule has 0 unspecified atom stereocenters. The molecule has 0 aromatic heterocycles. The SMILES string of the molecule is C/C(=N/NC(=O)CNc1ccc(F)cc1)c1ccc(-c2ccccc2)cc1. The van der Waals surface area contributed by atoms with Crippen molar-refractivity contribution in [2.75, 3.05) is 11.9 Å². The number of rotatable bonds is 6. The molecule has 0 bridgehead atoms. The Morgan fingerprint density at radius 1 is 0.889 bits per heavy atom. The Bertz CT molecular complexity index is 920. The Labute approximate surface area is 157 Å². The van der Waals surface area contributed by atoms with Gasteiger partial charge in [-0.15, -0.1) is 0 Å². The van der Waals surface area contributed by atoms with Gasteiger partial charge >= 0.3 is 0 Å². The van der Waals surface area contributed by atoms with Crippen molar-refractivity contribution in [2.45, 2.75) is 6.92 Å². The van der Waals surface area contributed by atoms with Crippen molar-refractivity contribution in [1.29, 1.82) is 0 Å². The molecule has 0 fully saturated rings. The van der Waals surface area contributed by atoms with Gasteiger partial charge < -0.3 is 5.32 Å². The highest BCUT2D eigenvalue weighted by molar-refractivity contribution is 5.99. The number of nitrogens with zero attached hydrogens (tertiary/aromatic N) is 1. The number of benzene rings is 3. The van der Waals surface area contributed by atoms with E-state index in [1.165, 1.54) is 12.1 Å². The van der Waals surface area contributed by atoms with Crippen LogP contribution in [0.5, 0.6) is 0 Å². The fourth-order valence-corrected chi connectivity index (χ4v) is 2.53. The number of anilines is 1. The molecule has 5 heteroatoms. The Kier molecular flexibility index (Phi) is 5.94. The number of hydrogen-bond acceptors (Lipinski definition) is 3. The zero-order valence-electron chi connectivity index (χ0n) is 14.9. The highest BCUT2D eigenvalue weighted by Crippen LogP contribution is 2.19. The van der Waals surface area contributed by atoms with Gasteiger partial charge in [-0.1, -0.05) is 54.6 Å². The first kappa shape index (κ1) is 18.3. The van der Waals surface area contributed by atoms with Crippen molar-refractivity contribution in [3.8, 4) is 11.1 Å². The monoisotopic (exact) mass is 361 g/mol. The summed E-state index contributed by atoms with van der Waals surface area (Å²) in [4.78, 5) is 11.9. The topological polar surface area (TPSA) is 53.5 Å². The van der Waals surface area contributed by atoms with E-state index in [0.29, 0.717) is 11.4 Å². The van der Waals surface area contributed by atoms with E-state index in [-0.39, 0.29) is 18.3 Å². The first-order valence-corrected chi connectivity index (χ1v) is 8.60. The van der Waals surface area contributed by atoms with Gasteiger partial charge in [-0.2, -0.15) is 5.10 Å². The van der Waals surface area contributed by atoms with Crippen molar-refractivity contribution in [3.05, 3.63) is 90.2 Å². The summed E-state index contributed by atoms with van der Waals surface area (Å²) in [7, 11) is 0. The second-order valence-corrected chi connectivity index (χ2v) is 6.04. The molecule has 0 atom stereocenters. The van der Waals surface area contributed by atoms with Crippen LogP contribution in [0.1, 0.15) is 12.5 Å². The number of nitrogens with one attached hydrogen (secondary N) is 2. The standard InChI is InChI=1S/C22H20FN3O/c1-16(17-7-9-19(10-8-17)18-5-3-2-4-6-18)25-26-22(27)15-24-21-13-11-20(23)12-14-21/h2-14,24H,15H2,1H3,(H,26,27)/b25-16-. The van der Waals surface area contributed by atoms with Crippen LogP contribution >= 0.6 is 0 Å². The fraction of sp³-hybridized carbons (Fsp3) is 0.0909. The molecule has 3 aromatic rings. The summed E-state index contributed by atoms with van der Waals surface area (Å²) in [5, 5.41) is 7.05. The first-order valence-electron chi connectivity index (χ1n) is 8.60. The van der Waals surface area contributed by atoms with Crippen LogP contribution in [0.2, 0.25) is 0 Å². The molecule has 0 radical (unpaired) electrons. The van der Waals surface area contributed by atoms with Crippen LogP contribution in [0.4, 0.5) is 10.1 Å². The Hall–Kier alpha value is -3.47. The number of carbonyl (C=O) groups is 1. The van der Waals surface area contributed by atoms with Gasteiger partial charge in [0.2, 0.25) is 0 Å². The maximum atomic E-state index is 12.9. The average Bonchev–Trinajstić information content (AvgIpc) is 2.72. The lowest BCUT2D eigenvalue weighted by Crippen LogP contribution is -2.26. The van der Waals surface area contributed by atoms with E-state index in [4.69, 9.17) is 0 Å². The minimum atomic E-state index is -0.316. The average molecular weight is 361 g/mol. The van der Waals surface area contributed by atoms with Crippen LogP contribution in [0.3, 0.4) is 0 Å². The van der Waals surface area contributed by atoms with Gasteiger partial charge in [-0.3, -0.25) is 4.79 Å². The molecule has 0 aliphatic rings. The van der Waals surface area contributed by atoms with Crippen LogP contribution < -0.4 is 10.7 Å². The summed E-state index contributed by atoms with van der Waals surface area (Å²) >= 11 is 0. The van der Waals surface area contributed by atoms with Gasteiger partial charge in [0.25, 0.3) is 5.91 Å². The molecular weight excluding hydrogens is 341 g/mol. The smallest absolute Gasteiger partial charge is 0.259 e. The molecule has 2 N–H and O–H groups in total. The molecule has 0 spiro atoms. The molecule has 4 nitrogen and oxygen atoms in total. The van der Waals surface area contributed by atoms with Crippen LogP contribution in [-0.2, 0) is 4.79 Å². The third-order valence-electron chi connectivity index (χ3n) is 4.06. The van der Waals surface area contributed by atoms with Gasteiger partial charge in [-0.05, 0) is 47.9 Å². The predicted molar refractivity (Wildman–Crippen MR) is 107 cm³/mol. The maximum Gasteiger partial charge on any atom is 0.259 e. The van der Waals surface area contributed by atoms with Crippen molar-refractivity contribution in [1.82, 2.24) is 5.43 Å². The van der Waals surface area contributed by atoms with Crippen molar-refractivity contribution >= 4 is 17.3 Å². The minimum absolute atomic E-state index is 0.0509. The molecule has 0 aliphatic heterocycles. The molecular formula is C22H20FN3O. The molecule has 0 saturated heterocycles. The summed E-state index contributed by atoms with van der Waals surface area (Å²) in [6, 6.07) is 23.9. The Morgan fingerprint density at radius 3 is 2.19 bits per heavy atom. The largest absolute Gasteiger partial charge is 0.376 e. The highest BCUT2D eigenvalue weighted by atomic mass is 19.1. The number of carbonyl (C=O) groups excluding carboxylic acids is 1. The summed E-state index contributed by atoms with van der Waals surface area (Å²) in [6.07, 6.45) is 0. The maximum absolute atomic E-state index is 12.9. The van der Waals surface area contributed by atoms with Crippen molar-refractivity contribution in [2.24, 2.45) is 5.10 Å². The lowest BCUT2D eigenvalue weighted by atomic mass is 10.0. The summed E-state index contributed by atoms with van der Waals surface area (Å²) in [5.41, 5.74) is 7.11. The minimum Gasteiger partial charge on any atom is -0.376 e. The molecule has 136 valence electrons. The quantitative estimate of drug-likeness (QED) is 0.504. The summed E-state index contributed by atoms with van der Waals surface area (Å²) in [6.45, 7) is 1.89. The fourth-order valence-electron chi connectivity index (χ4n) is 2.53. The van der Waals surface area contributed by atoms with E-state index >= 15 is 0 Å². The van der Waals surface area contributed by atoms with E-state index in [2.05, 4.69) is 28.0 Å². The molecule has 0 aliphatic carbocycles. The van der Waals surface area contributed by atoms with Crippen LogP contribution in [0.25, 0.3) is 11.1 Å². The third kappa shape index (κ3) is 5.25. The van der Waals surface area contributed by atoms with Gasteiger partial charge in [0.05, 0.1) is 12.3 Å². The highest BCUT2D eigenvalue weighted by Gasteiger charge is 2.03. The molecule has 0 heterocycles. The molecule has 0 saturated carbocycles. The van der Waals surface area contributed by atoms with E-state index in [1.807, 2.05) is 49.4 Å². The van der Waals surface area contributed by atoms with Gasteiger partial charge in [0, 0.05) is 5.69 Å². The molecule has 3 rings (SSSR count). The molecule has 1 amide bonds. The Balaban J connectivity index is 1.55. The van der Waals surface area contributed by atoms with Gasteiger partial charge in [-0.25, -0.2) is 9.82 Å². The zero-order valence-corrected chi connectivity index (χ0v) is 14.9. The number of hydrazone groups is 1. The van der Waals surface area contributed by atoms with Crippen molar-refractivity contribution < 1.29 is 9.18 Å². The number of halogens is 1. The van der Waals surface area contributed by atoms with Gasteiger partial charge in [0.1, 0.15) is 5.82 Å². The lowest BCUT2D eigenvalue weighted by molar-refractivity contribution is -0.119. The third-order valence-corrected chi connectivity index (χ3v) is 4.06. The normalized spacial score (nSPS) is 11.1. The van der Waals surface area contributed by atoms with Crippen LogP contribution in [-0.4, -0.2) is 18.2 Å². The molecule has 27 heavy (non-hydrogen) atoms. The van der Waals surface area contributed by atoms with E-state index in [1.54, 1.807) is 12.1 Å². The Morgan fingerprint density at radius 2 is 1.52 bits per heavy atom. The molecule has 3 aromatic carbocycles. The van der Waals surface area contributed by atoms with Crippen LogP contribution in [0.15, 0.2) is 84.0 Å². The van der Waals surface area contributed by atoms with E-state index in [9.17, 15) is 9.18 Å². The van der Waals surface area contributed by atoms with Crippen molar-refractivity contribution in [3.63, 3.8) is 0 Å². The first-order chi connectivity index (χ1) is 13.1. The zero-order chi connectivity index (χ0) is 19.1. The summed E-state index contributed by atoms with van der Waals surface area (Å²) in [5.74, 6) is -0.594. The number of hydrogen-bond donors (Lipinski definition) is 2. The van der Waals surface area contributed by atoms with E-state index in [0.717, 1.165) is 16.7 Å². The second kappa shape index (κ2) is 8.76. The lowest BCUT2D eigenvalue weighted by Gasteiger charge is -2.07. The number of amides is 1.